The van der Waals surface area contributed by atoms with E-state index in [0.717, 1.165) is 12.8 Å². The molecule has 1 aliphatic rings. The Morgan fingerprint density at radius 2 is 2.03 bits per heavy atom. The largest absolute Gasteiger partial charge is 0.493 e. The lowest BCUT2D eigenvalue weighted by Crippen LogP contribution is -2.42. The first-order valence-electron chi connectivity index (χ1n) is 10.7. The van der Waals surface area contributed by atoms with Crippen LogP contribution in [0.2, 0.25) is 0 Å². The zero-order chi connectivity index (χ0) is 23.3. The molecule has 1 N–H and O–H groups in total. The number of pyridine rings is 1. The van der Waals surface area contributed by atoms with Crippen LogP contribution >= 0.6 is 0 Å². The smallest absolute Gasteiger partial charge is 0.328 e. The molecule has 8 nitrogen and oxygen atoms in total. The van der Waals surface area contributed by atoms with Crippen LogP contribution in [0.3, 0.4) is 0 Å². The van der Waals surface area contributed by atoms with E-state index in [1.165, 1.54) is 36.1 Å². The summed E-state index contributed by atoms with van der Waals surface area (Å²) in [5.74, 6) is -1.63. The van der Waals surface area contributed by atoms with Crippen LogP contribution in [0.25, 0.3) is 0 Å². The maximum Gasteiger partial charge on any atom is 0.328 e. The van der Waals surface area contributed by atoms with Gasteiger partial charge in [-0.2, -0.15) is 0 Å². The van der Waals surface area contributed by atoms with Gasteiger partial charge in [0.05, 0.1) is 7.11 Å². The molecule has 0 fully saturated rings. The molecule has 1 amide bonds. The Morgan fingerprint density at radius 1 is 1.25 bits per heavy atom. The molecule has 8 heteroatoms. The molecule has 2 aromatic rings. The van der Waals surface area contributed by atoms with Crippen LogP contribution in [-0.4, -0.2) is 42.1 Å². The Morgan fingerprint density at radius 3 is 2.75 bits per heavy atom. The van der Waals surface area contributed by atoms with Gasteiger partial charge in [-0.3, -0.25) is 9.59 Å². The van der Waals surface area contributed by atoms with Crippen LogP contribution in [0, 0.1) is 6.92 Å². The van der Waals surface area contributed by atoms with Crippen molar-refractivity contribution in [3.63, 3.8) is 0 Å². The fourth-order valence-electron chi connectivity index (χ4n) is 3.66. The summed E-state index contributed by atoms with van der Waals surface area (Å²) < 4.78 is 16.1. The van der Waals surface area contributed by atoms with Crippen LogP contribution < -0.4 is 14.8 Å². The van der Waals surface area contributed by atoms with Crippen molar-refractivity contribution in [2.24, 2.45) is 0 Å². The van der Waals surface area contributed by atoms with Crippen LogP contribution in [0.4, 0.5) is 0 Å². The zero-order valence-corrected chi connectivity index (χ0v) is 18.8. The third-order valence-corrected chi connectivity index (χ3v) is 5.47. The van der Waals surface area contributed by atoms with Crippen molar-refractivity contribution in [3.8, 4) is 11.5 Å². The van der Waals surface area contributed by atoms with Crippen LogP contribution in [0.15, 0.2) is 30.5 Å². The van der Waals surface area contributed by atoms with E-state index >= 15 is 0 Å². The van der Waals surface area contributed by atoms with Crippen molar-refractivity contribution in [3.05, 3.63) is 52.8 Å². The quantitative estimate of drug-likeness (QED) is 0.660. The van der Waals surface area contributed by atoms with Gasteiger partial charge in [0.25, 0.3) is 5.91 Å². The highest BCUT2D eigenvalue weighted by molar-refractivity contribution is 5.98. The van der Waals surface area contributed by atoms with E-state index in [4.69, 9.17) is 14.2 Å². The predicted molar refractivity (Wildman–Crippen MR) is 117 cm³/mol. The molecule has 0 bridgehead atoms. The Kier molecular flexibility index (Phi) is 7.45. The molecule has 2 atom stereocenters. The third kappa shape index (κ3) is 5.25. The number of carbonyl (C=O) groups excluding carboxylic acids is 3. The predicted octanol–water partition coefficient (Wildman–Crippen LogP) is 2.93. The molecule has 170 valence electrons. The van der Waals surface area contributed by atoms with Crippen LogP contribution in [0.5, 0.6) is 11.5 Å². The van der Waals surface area contributed by atoms with Crippen molar-refractivity contribution in [1.82, 2.24) is 10.3 Å². The number of hydrogen-bond acceptors (Lipinski definition) is 7. The fourth-order valence-corrected chi connectivity index (χ4v) is 3.66. The highest BCUT2D eigenvalue weighted by Crippen LogP contribution is 2.30. The number of carbonyl (C=O) groups is 3. The second-order valence-electron chi connectivity index (χ2n) is 7.73. The monoisotopic (exact) mass is 440 g/mol. The maximum atomic E-state index is 12.8. The van der Waals surface area contributed by atoms with Crippen molar-refractivity contribution in [2.45, 2.75) is 58.6 Å². The number of aromatic nitrogens is 1. The third-order valence-electron chi connectivity index (χ3n) is 5.47. The van der Waals surface area contributed by atoms with Gasteiger partial charge in [0.15, 0.2) is 11.4 Å². The summed E-state index contributed by atoms with van der Waals surface area (Å²) in [6, 6.07) is 6.76. The molecule has 1 aliphatic carbocycles. The highest BCUT2D eigenvalue weighted by atomic mass is 16.6. The van der Waals surface area contributed by atoms with E-state index in [0.29, 0.717) is 6.42 Å². The normalized spacial score (nSPS) is 15.8. The van der Waals surface area contributed by atoms with E-state index in [1.807, 2.05) is 6.07 Å². The van der Waals surface area contributed by atoms with Gasteiger partial charge in [-0.25, -0.2) is 9.78 Å². The molecule has 32 heavy (non-hydrogen) atoms. The summed E-state index contributed by atoms with van der Waals surface area (Å²) in [6.07, 6.45) is 3.47. The van der Waals surface area contributed by atoms with Crippen molar-refractivity contribution in [1.29, 1.82) is 0 Å². The Hall–Kier alpha value is -3.42. The molecule has 1 heterocycles. The summed E-state index contributed by atoms with van der Waals surface area (Å²) in [5.41, 5.74) is 3.55. The maximum absolute atomic E-state index is 12.8. The van der Waals surface area contributed by atoms with Gasteiger partial charge >= 0.3 is 11.9 Å². The first kappa shape index (κ1) is 23.2. The number of ether oxygens (including phenoxy) is 3. The van der Waals surface area contributed by atoms with E-state index in [1.54, 1.807) is 13.8 Å². The molecule has 0 saturated carbocycles. The number of fused-ring (bicyclic) bond motifs is 1. The number of rotatable bonds is 7. The molecule has 1 aromatic heterocycles. The van der Waals surface area contributed by atoms with E-state index in [-0.39, 0.29) is 29.7 Å². The minimum absolute atomic E-state index is 0.0840. The van der Waals surface area contributed by atoms with Crippen molar-refractivity contribution in [2.75, 3.05) is 7.11 Å². The molecular weight excluding hydrogens is 412 g/mol. The van der Waals surface area contributed by atoms with Crippen molar-refractivity contribution < 1.29 is 28.6 Å². The SMILES string of the molecule is CCC(=O)Oc1c(OC)ccnc1C(=O)N[C@@H](C)C(=O)OC1CCc2cccc(C)c2C1. The molecule has 0 saturated heterocycles. The number of amides is 1. The van der Waals surface area contributed by atoms with Gasteiger partial charge in [-0.05, 0) is 43.4 Å². The molecule has 1 aromatic carbocycles. The molecule has 0 radical (unpaired) electrons. The molecule has 0 aliphatic heterocycles. The number of hydrogen-bond donors (Lipinski definition) is 1. The zero-order valence-electron chi connectivity index (χ0n) is 18.8. The molecule has 1 unspecified atom stereocenters. The van der Waals surface area contributed by atoms with Gasteiger partial charge in [-0.1, -0.05) is 25.1 Å². The van der Waals surface area contributed by atoms with Gasteiger partial charge in [0.1, 0.15) is 12.1 Å². The number of nitrogens with one attached hydrogen (secondary N) is 1. The Balaban J connectivity index is 1.66. The highest BCUT2D eigenvalue weighted by Gasteiger charge is 2.28. The van der Waals surface area contributed by atoms with Gasteiger partial charge in [-0.15, -0.1) is 0 Å². The average Bonchev–Trinajstić information content (AvgIpc) is 2.79. The number of esters is 2. The molecular formula is C24H28N2O6. The summed E-state index contributed by atoms with van der Waals surface area (Å²) in [6.45, 7) is 5.23. The van der Waals surface area contributed by atoms with Gasteiger partial charge < -0.3 is 19.5 Å². The topological polar surface area (TPSA) is 104 Å². The number of aryl methyl sites for hydroxylation is 2. The lowest BCUT2D eigenvalue weighted by molar-refractivity contribution is -0.151. The van der Waals surface area contributed by atoms with E-state index in [2.05, 4.69) is 29.4 Å². The van der Waals surface area contributed by atoms with Gasteiger partial charge in [0.2, 0.25) is 5.75 Å². The van der Waals surface area contributed by atoms with E-state index in [9.17, 15) is 14.4 Å². The molecule has 0 spiro atoms. The second-order valence-corrected chi connectivity index (χ2v) is 7.73. The second kappa shape index (κ2) is 10.3. The summed E-state index contributed by atoms with van der Waals surface area (Å²) in [4.78, 5) is 41.2. The Labute approximate surface area is 187 Å². The van der Waals surface area contributed by atoms with Gasteiger partial charge in [0, 0.05) is 25.1 Å². The average molecular weight is 440 g/mol. The number of methoxy groups -OCH3 is 1. The first-order valence-corrected chi connectivity index (χ1v) is 10.7. The Bertz CT molecular complexity index is 1020. The number of benzene rings is 1. The fraction of sp³-hybridized carbons (Fsp3) is 0.417. The lowest BCUT2D eigenvalue weighted by atomic mass is 9.87. The van der Waals surface area contributed by atoms with Crippen LogP contribution in [-0.2, 0) is 27.2 Å². The van der Waals surface area contributed by atoms with Crippen LogP contribution in [0.1, 0.15) is 53.9 Å². The van der Waals surface area contributed by atoms with Crippen molar-refractivity contribution >= 4 is 17.8 Å². The summed E-state index contributed by atoms with van der Waals surface area (Å²) in [7, 11) is 1.39. The lowest BCUT2D eigenvalue weighted by Gasteiger charge is -2.27. The number of nitrogens with zero attached hydrogens (tertiary/aromatic N) is 1. The first-order chi connectivity index (χ1) is 15.3. The summed E-state index contributed by atoms with van der Waals surface area (Å²) in [5, 5.41) is 2.58. The minimum Gasteiger partial charge on any atom is -0.493 e. The summed E-state index contributed by atoms with van der Waals surface area (Å²) >= 11 is 0. The minimum atomic E-state index is -0.913. The standard InChI is InChI=1S/C24H28N2O6/c1-5-20(27)32-22-19(30-4)11-12-25-21(22)23(28)26-15(3)24(29)31-17-10-9-16-8-6-7-14(2)18(16)13-17/h6-8,11-12,15,17H,5,9-10,13H2,1-4H3,(H,26,28)/t15-,17?/m0/s1. The van der Waals surface area contributed by atoms with E-state index < -0.39 is 23.9 Å². The molecule has 3 rings (SSSR count).